The molecule has 0 bridgehead atoms. The van der Waals surface area contributed by atoms with Gasteiger partial charge < -0.3 is 5.32 Å². The molecule has 1 N–H and O–H groups in total. The van der Waals surface area contributed by atoms with Crippen LogP contribution in [0, 0.1) is 5.82 Å². The van der Waals surface area contributed by atoms with Gasteiger partial charge in [-0.05, 0) is 30.0 Å². The van der Waals surface area contributed by atoms with Crippen LogP contribution in [0.4, 0.5) is 14.9 Å². The van der Waals surface area contributed by atoms with E-state index in [9.17, 15) is 9.18 Å². The third-order valence-electron chi connectivity index (χ3n) is 3.70. The Morgan fingerprint density at radius 3 is 2.76 bits per heavy atom. The average molecular weight is 284 g/mol. The minimum Gasteiger partial charge on any atom is -0.334 e. The maximum Gasteiger partial charge on any atom is 0.322 e. The predicted molar refractivity (Wildman–Crippen MR) is 80.7 cm³/mol. The van der Waals surface area contributed by atoms with Crippen LogP contribution in [0.3, 0.4) is 0 Å². The van der Waals surface area contributed by atoms with Crippen LogP contribution >= 0.6 is 0 Å². The zero-order chi connectivity index (χ0) is 14.7. The lowest BCUT2D eigenvalue weighted by Crippen LogP contribution is -2.43. The number of carbonyl (C=O) groups excluding carboxylic acids is 1. The van der Waals surface area contributed by atoms with Gasteiger partial charge >= 0.3 is 6.03 Å². The van der Waals surface area contributed by atoms with E-state index in [0.717, 1.165) is 24.0 Å². The zero-order valence-electron chi connectivity index (χ0n) is 11.7. The molecule has 2 amide bonds. The number of aryl methyl sites for hydroxylation is 1. The first kappa shape index (κ1) is 13.6. The third-order valence-corrected chi connectivity index (χ3v) is 3.70. The van der Waals surface area contributed by atoms with Gasteiger partial charge in [0.2, 0.25) is 0 Å². The van der Waals surface area contributed by atoms with E-state index in [1.54, 1.807) is 6.07 Å². The van der Waals surface area contributed by atoms with Gasteiger partial charge in [-0.2, -0.15) is 0 Å². The first-order valence-corrected chi connectivity index (χ1v) is 7.12. The van der Waals surface area contributed by atoms with E-state index in [4.69, 9.17) is 0 Å². The van der Waals surface area contributed by atoms with E-state index in [0.29, 0.717) is 18.8 Å². The molecule has 3 rings (SSSR count). The lowest BCUT2D eigenvalue weighted by atomic mass is 10.0. The first-order chi connectivity index (χ1) is 10.3. The van der Waals surface area contributed by atoms with Gasteiger partial charge in [0.15, 0.2) is 0 Å². The predicted octanol–water partition coefficient (Wildman–Crippen LogP) is 3.49. The molecular weight excluding hydrogens is 267 g/mol. The van der Waals surface area contributed by atoms with Crippen molar-refractivity contribution in [3.8, 4) is 0 Å². The number of anilines is 1. The second-order valence-corrected chi connectivity index (χ2v) is 5.15. The summed E-state index contributed by atoms with van der Waals surface area (Å²) in [5.74, 6) is -0.331. The van der Waals surface area contributed by atoms with Gasteiger partial charge in [-0.25, -0.2) is 9.18 Å². The monoisotopic (exact) mass is 284 g/mol. The number of para-hydroxylation sites is 1. The van der Waals surface area contributed by atoms with Crippen LogP contribution in [0.15, 0.2) is 48.5 Å². The summed E-state index contributed by atoms with van der Waals surface area (Å²) in [6, 6.07) is 14.4. The van der Waals surface area contributed by atoms with Gasteiger partial charge in [0.25, 0.3) is 0 Å². The molecule has 0 unspecified atom stereocenters. The van der Waals surface area contributed by atoms with E-state index in [1.165, 1.54) is 11.0 Å². The average Bonchev–Trinajstić information content (AvgIpc) is 2.53. The van der Waals surface area contributed by atoms with E-state index < -0.39 is 0 Å². The van der Waals surface area contributed by atoms with Gasteiger partial charge in [-0.1, -0.05) is 42.5 Å². The second kappa shape index (κ2) is 5.95. The fraction of sp³-hybridized carbons (Fsp3) is 0.235. The third kappa shape index (κ3) is 2.89. The lowest BCUT2D eigenvalue weighted by molar-refractivity contribution is 0.245. The summed E-state index contributed by atoms with van der Waals surface area (Å²) in [6.07, 6.45) is 1.67. The summed E-state index contributed by atoms with van der Waals surface area (Å²) >= 11 is 0. The van der Waals surface area contributed by atoms with Gasteiger partial charge in [-0.3, -0.25) is 4.90 Å². The number of hydrogen-bond acceptors (Lipinski definition) is 1. The van der Waals surface area contributed by atoms with Gasteiger partial charge in [-0.15, -0.1) is 0 Å². The number of nitrogens with one attached hydrogen (secondary N) is 1. The van der Waals surface area contributed by atoms with Crippen LogP contribution in [0.25, 0.3) is 0 Å². The van der Waals surface area contributed by atoms with Crippen molar-refractivity contribution in [2.45, 2.75) is 19.4 Å². The standard InChI is InChI=1S/C17H17FN2O/c18-15-10-4-8-14-9-5-11-20(16(14)15)17(21)19-12-13-6-2-1-3-7-13/h1-4,6-8,10H,5,9,11-12H2,(H,19,21). The molecule has 1 heterocycles. The SMILES string of the molecule is O=C(NCc1ccccc1)N1CCCc2cccc(F)c21. The number of urea groups is 1. The molecule has 1 aliphatic heterocycles. The fourth-order valence-corrected chi connectivity index (χ4v) is 2.68. The van der Waals surface area contributed by atoms with Crippen molar-refractivity contribution in [1.29, 1.82) is 0 Å². The summed E-state index contributed by atoms with van der Waals surface area (Å²) < 4.78 is 14.0. The smallest absolute Gasteiger partial charge is 0.322 e. The van der Waals surface area contributed by atoms with E-state index in [-0.39, 0.29) is 11.8 Å². The Hall–Kier alpha value is -2.36. The maximum absolute atomic E-state index is 14.0. The molecule has 0 spiro atoms. The van der Waals surface area contributed by atoms with Crippen molar-refractivity contribution in [3.05, 3.63) is 65.5 Å². The number of amides is 2. The molecule has 2 aromatic carbocycles. The Morgan fingerprint density at radius 2 is 1.95 bits per heavy atom. The van der Waals surface area contributed by atoms with Crippen LogP contribution in [-0.2, 0) is 13.0 Å². The zero-order valence-corrected chi connectivity index (χ0v) is 11.7. The highest BCUT2D eigenvalue weighted by molar-refractivity contribution is 5.93. The Morgan fingerprint density at radius 1 is 1.14 bits per heavy atom. The highest BCUT2D eigenvalue weighted by Crippen LogP contribution is 2.29. The highest BCUT2D eigenvalue weighted by atomic mass is 19.1. The van der Waals surface area contributed by atoms with Crippen LogP contribution in [-0.4, -0.2) is 12.6 Å². The quantitative estimate of drug-likeness (QED) is 0.899. The van der Waals surface area contributed by atoms with E-state index >= 15 is 0 Å². The summed E-state index contributed by atoms with van der Waals surface area (Å²) in [4.78, 5) is 13.8. The van der Waals surface area contributed by atoms with Crippen LogP contribution in [0.2, 0.25) is 0 Å². The van der Waals surface area contributed by atoms with Crippen molar-refractivity contribution >= 4 is 11.7 Å². The van der Waals surface area contributed by atoms with Crippen molar-refractivity contribution in [3.63, 3.8) is 0 Å². The van der Waals surface area contributed by atoms with Crippen LogP contribution in [0.1, 0.15) is 17.5 Å². The molecule has 0 saturated heterocycles. The number of hydrogen-bond donors (Lipinski definition) is 1. The lowest BCUT2D eigenvalue weighted by Gasteiger charge is -2.29. The van der Waals surface area contributed by atoms with Crippen molar-refractivity contribution < 1.29 is 9.18 Å². The number of nitrogens with zero attached hydrogens (tertiary/aromatic N) is 1. The van der Waals surface area contributed by atoms with E-state index in [1.807, 2.05) is 36.4 Å². The maximum atomic E-state index is 14.0. The van der Waals surface area contributed by atoms with Gasteiger partial charge in [0.1, 0.15) is 5.82 Å². The van der Waals surface area contributed by atoms with E-state index in [2.05, 4.69) is 5.32 Å². The number of rotatable bonds is 2. The minimum atomic E-state index is -0.331. The largest absolute Gasteiger partial charge is 0.334 e. The number of carbonyl (C=O) groups is 1. The molecule has 0 aliphatic carbocycles. The molecule has 3 nitrogen and oxygen atoms in total. The minimum absolute atomic E-state index is 0.245. The van der Waals surface area contributed by atoms with Crippen molar-refractivity contribution in [2.75, 3.05) is 11.4 Å². The number of benzene rings is 2. The van der Waals surface area contributed by atoms with Crippen LogP contribution in [0.5, 0.6) is 0 Å². The molecule has 21 heavy (non-hydrogen) atoms. The van der Waals surface area contributed by atoms with Gasteiger partial charge in [0.05, 0.1) is 5.69 Å². The molecule has 0 saturated carbocycles. The molecule has 2 aromatic rings. The van der Waals surface area contributed by atoms with Crippen molar-refractivity contribution in [2.24, 2.45) is 0 Å². The van der Waals surface area contributed by atoms with Crippen LogP contribution < -0.4 is 10.2 Å². The molecular formula is C17H17FN2O. The molecule has 0 fully saturated rings. The number of fused-ring (bicyclic) bond motifs is 1. The highest BCUT2D eigenvalue weighted by Gasteiger charge is 2.25. The summed E-state index contributed by atoms with van der Waals surface area (Å²) in [7, 11) is 0. The molecule has 0 radical (unpaired) electrons. The molecule has 1 aliphatic rings. The summed E-state index contributed by atoms with van der Waals surface area (Å²) in [5.41, 5.74) is 2.35. The molecule has 0 atom stereocenters. The Labute approximate surface area is 123 Å². The normalized spacial score (nSPS) is 13.7. The first-order valence-electron chi connectivity index (χ1n) is 7.12. The Balaban J connectivity index is 1.75. The Bertz CT molecular complexity index is 642. The summed E-state index contributed by atoms with van der Waals surface area (Å²) in [6.45, 7) is 0.995. The van der Waals surface area contributed by atoms with Gasteiger partial charge in [0, 0.05) is 13.1 Å². The molecule has 4 heteroatoms. The second-order valence-electron chi connectivity index (χ2n) is 5.15. The van der Waals surface area contributed by atoms with Crippen molar-refractivity contribution in [1.82, 2.24) is 5.32 Å². The summed E-state index contributed by atoms with van der Waals surface area (Å²) in [5, 5.41) is 2.86. The molecule has 0 aromatic heterocycles. The number of halogens is 1. The Kier molecular flexibility index (Phi) is 3.86. The topological polar surface area (TPSA) is 32.3 Å². The fourth-order valence-electron chi connectivity index (χ4n) is 2.68. The molecule has 108 valence electrons.